The molecule has 1 aromatic rings. The van der Waals surface area contributed by atoms with E-state index in [1.54, 1.807) is 13.8 Å². The van der Waals surface area contributed by atoms with Gasteiger partial charge < -0.3 is 5.32 Å². The van der Waals surface area contributed by atoms with E-state index in [-0.39, 0.29) is 18.4 Å². The zero-order valence-electron chi connectivity index (χ0n) is 9.51. The highest BCUT2D eigenvalue weighted by Gasteiger charge is 2.32. The summed E-state index contributed by atoms with van der Waals surface area (Å²) < 4.78 is 37.0. The van der Waals surface area contributed by atoms with Crippen LogP contribution < -0.4 is 5.32 Å². The molecule has 1 rings (SSSR count). The van der Waals surface area contributed by atoms with Crippen molar-refractivity contribution in [2.45, 2.75) is 26.6 Å². The summed E-state index contributed by atoms with van der Waals surface area (Å²) in [7, 11) is 0. The number of hydrogen-bond acceptors (Lipinski definition) is 2. The molecule has 94 valence electrons. The molecule has 0 aromatic carbocycles. The maximum atomic E-state index is 12.3. The second kappa shape index (κ2) is 5.16. The van der Waals surface area contributed by atoms with Gasteiger partial charge in [-0.1, -0.05) is 13.8 Å². The van der Waals surface area contributed by atoms with Crippen LogP contribution in [0.15, 0.2) is 18.3 Å². The van der Waals surface area contributed by atoms with Crippen LogP contribution in [-0.4, -0.2) is 10.9 Å². The summed E-state index contributed by atoms with van der Waals surface area (Å²) in [6.07, 6.45) is -3.38. The molecule has 0 fully saturated rings. The lowest BCUT2D eigenvalue weighted by Gasteiger charge is -2.09. The molecule has 1 aromatic heterocycles. The van der Waals surface area contributed by atoms with E-state index in [9.17, 15) is 18.0 Å². The zero-order chi connectivity index (χ0) is 13.1. The number of nitrogens with one attached hydrogen (secondary N) is 1. The third kappa shape index (κ3) is 4.05. The molecular formula is C11H13F3N2O. The monoisotopic (exact) mass is 246 g/mol. The summed E-state index contributed by atoms with van der Waals surface area (Å²) >= 11 is 0. The van der Waals surface area contributed by atoms with Gasteiger partial charge >= 0.3 is 6.18 Å². The largest absolute Gasteiger partial charge is 0.433 e. The van der Waals surface area contributed by atoms with Crippen LogP contribution in [0.1, 0.15) is 25.1 Å². The van der Waals surface area contributed by atoms with Gasteiger partial charge in [-0.3, -0.25) is 9.78 Å². The highest BCUT2D eigenvalue weighted by atomic mass is 19.4. The number of halogens is 3. The lowest BCUT2D eigenvalue weighted by Crippen LogP contribution is -2.27. The van der Waals surface area contributed by atoms with Gasteiger partial charge in [-0.15, -0.1) is 0 Å². The second-order valence-electron chi connectivity index (χ2n) is 3.92. The average molecular weight is 246 g/mol. The van der Waals surface area contributed by atoms with Gasteiger partial charge in [-0.05, 0) is 17.7 Å². The first-order valence-corrected chi connectivity index (χ1v) is 5.10. The number of carbonyl (C=O) groups excluding carboxylic acids is 1. The van der Waals surface area contributed by atoms with E-state index in [1.165, 1.54) is 6.07 Å². The molecule has 0 saturated carbocycles. The predicted molar refractivity (Wildman–Crippen MR) is 55.9 cm³/mol. The Bertz CT molecular complexity index is 402. The van der Waals surface area contributed by atoms with Gasteiger partial charge in [0.25, 0.3) is 0 Å². The fourth-order valence-corrected chi connectivity index (χ4v) is 1.13. The first-order valence-electron chi connectivity index (χ1n) is 5.10. The first-order chi connectivity index (χ1) is 7.80. The molecule has 0 aliphatic rings. The van der Waals surface area contributed by atoms with Crippen molar-refractivity contribution >= 4 is 5.91 Å². The second-order valence-corrected chi connectivity index (χ2v) is 3.92. The smallest absolute Gasteiger partial charge is 0.352 e. The summed E-state index contributed by atoms with van der Waals surface area (Å²) in [6, 6.07) is 2.37. The van der Waals surface area contributed by atoms with E-state index in [0.717, 1.165) is 12.3 Å². The van der Waals surface area contributed by atoms with Gasteiger partial charge in [0, 0.05) is 18.7 Å². The molecule has 17 heavy (non-hydrogen) atoms. The summed E-state index contributed by atoms with van der Waals surface area (Å²) in [4.78, 5) is 14.5. The summed E-state index contributed by atoms with van der Waals surface area (Å²) in [5.74, 6) is -0.394. The number of pyridine rings is 1. The lowest BCUT2D eigenvalue weighted by molar-refractivity contribution is -0.141. The fraction of sp³-hybridized carbons (Fsp3) is 0.455. The van der Waals surface area contributed by atoms with Gasteiger partial charge in [-0.25, -0.2) is 0 Å². The van der Waals surface area contributed by atoms with Crippen LogP contribution in [-0.2, 0) is 17.5 Å². The zero-order valence-corrected chi connectivity index (χ0v) is 9.51. The molecule has 1 N–H and O–H groups in total. The van der Waals surface area contributed by atoms with Crippen molar-refractivity contribution in [2.24, 2.45) is 5.92 Å². The van der Waals surface area contributed by atoms with Gasteiger partial charge in [0.15, 0.2) is 0 Å². The summed E-state index contributed by atoms with van der Waals surface area (Å²) in [5, 5.41) is 2.54. The highest BCUT2D eigenvalue weighted by molar-refractivity contribution is 5.77. The van der Waals surface area contributed by atoms with Crippen LogP contribution in [0.4, 0.5) is 13.2 Å². The average Bonchev–Trinajstić information content (AvgIpc) is 2.25. The Hall–Kier alpha value is -1.59. The van der Waals surface area contributed by atoms with Gasteiger partial charge in [0.05, 0.1) is 0 Å². The number of hydrogen-bond donors (Lipinski definition) is 1. The van der Waals surface area contributed by atoms with E-state index >= 15 is 0 Å². The van der Waals surface area contributed by atoms with Crippen LogP contribution >= 0.6 is 0 Å². The lowest BCUT2D eigenvalue weighted by atomic mass is 10.2. The maximum Gasteiger partial charge on any atom is 0.433 e. The molecule has 1 amide bonds. The molecule has 0 aliphatic carbocycles. The molecule has 1 heterocycles. The fourth-order valence-electron chi connectivity index (χ4n) is 1.13. The summed E-state index contributed by atoms with van der Waals surface area (Å²) in [5.41, 5.74) is -0.574. The standard InChI is InChI=1S/C11H13F3N2O/c1-7(2)10(17)16-6-8-3-4-15-9(5-8)11(12,13)14/h3-5,7H,6H2,1-2H3,(H,16,17). The molecule has 0 aliphatic heterocycles. The highest BCUT2D eigenvalue weighted by Crippen LogP contribution is 2.27. The molecule has 0 bridgehead atoms. The Morgan fingerprint density at radius 2 is 2.12 bits per heavy atom. The van der Waals surface area contributed by atoms with Crippen molar-refractivity contribution < 1.29 is 18.0 Å². The molecule has 3 nitrogen and oxygen atoms in total. The molecular weight excluding hydrogens is 233 g/mol. The number of carbonyl (C=O) groups is 1. The molecule has 0 atom stereocenters. The Morgan fingerprint density at radius 3 is 2.65 bits per heavy atom. The van der Waals surface area contributed by atoms with Crippen molar-refractivity contribution in [3.63, 3.8) is 0 Å². The van der Waals surface area contributed by atoms with Crippen LogP contribution in [0, 0.1) is 5.92 Å². The van der Waals surface area contributed by atoms with Crippen LogP contribution in [0.5, 0.6) is 0 Å². The number of amides is 1. The summed E-state index contributed by atoms with van der Waals surface area (Å²) in [6.45, 7) is 3.49. The topological polar surface area (TPSA) is 42.0 Å². The number of nitrogens with zero attached hydrogens (tertiary/aromatic N) is 1. The van der Waals surface area contributed by atoms with Crippen molar-refractivity contribution in [1.29, 1.82) is 0 Å². The van der Waals surface area contributed by atoms with E-state index in [1.807, 2.05) is 0 Å². The van der Waals surface area contributed by atoms with E-state index in [2.05, 4.69) is 10.3 Å². The van der Waals surface area contributed by atoms with Gasteiger partial charge in [0.1, 0.15) is 5.69 Å². The van der Waals surface area contributed by atoms with Crippen LogP contribution in [0.2, 0.25) is 0 Å². The Balaban J connectivity index is 2.70. The quantitative estimate of drug-likeness (QED) is 0.889. The van der Waals surface area contributed by atoms with Crippen molar-refractivity contribution in [1.82, 2.24) is 10.3 Å². The van der Waals surface area contributed by atoms with Gasteiger partial charge in [0.2, 0.25) is 5.91 Å². The van der Waals surface area contributed by atoms with Crippen molar-refractivity contribution in [3.8, 4) is 0 Å². The third-order valence-corrected chi connectivity index (χ3v) is 2.11. The van der Waals surface area contributed by atoms with Crippen LogP contribution in [0.25, 0.3) is 0 Å². The minimum atomic E-state index is -4.46. The Kier molecular flexibility index (Phi) is 4.09. The number of rotatable bonds is 3. The van der Waals surface area contributed by atoms with Crippen molar-refractivity contribution in [2.75, 3.05) is 0 Å². The molecule has 0 radical (unpaired) electrons. The normalized spacial score (nSPS) is 11.6. The molecule has 0 saturated heterocycles. The Morgan fingerprint density at radius 1 is 1.47 bits per heavy atom. The van der Waals surface area contributed by atoms with Crippen LogP contribution in [0.3, 0.4) is 0 Å². The number of alkyl halides is 3. The van der Waals surface area contributed by atoms with E-state index in [0.29, 0.717) is 5.56 Å². The SMILES string of the molecule is CC(C)C(=O)NCc1ccnc(C(F)(F)F)c1. The minimum Gasteiger partial charge on any atom is -0.352 e. The molecule has 6 heteroatoms. The van der Waals surface area contributed by atoms with E-state index in [4.69, 9.17) is 0 Å². The Labute approximate surface area is 97.0 Å². The van der Waals surface area contributed by atoms with Gasteiger partial charge in [-0.2, -0.15) is 13.2 Å². The first kappa shape index (κ1) is 13.5. The molecule has 0 unspecified atom stereocenters. The van der Waals surface area contributed by atoms with Crippen molar-refractivity contribution in [3.05, 3.63) is 29.6 Å². The molecule has 0 spiro atoms. The predicted octanol–water partition coefficient (Wildman–Crippen LogP) is 2.37. The number of aromatic nitrogens is 1. The third-order valence-electron chi connectivity index (χ3n) is 2.11. The van der Waals surface area contributed by atoms with E-state index < -0.39 is 11.9 Å². The maximum absolute atomic E-state index is 12.3. The minimum absolute atomic E-state index is 0.0720.